The van der Waals surface area contributed by atoms with Crippen LogP contribution in [-0.4, -0.2) is 133 Å². The lowest BCUT2D eigenvalue weighted by Crippen LogP contribution is -2.39. The first-order valence-electron chi connectivity index (χ1n) is 24.2. The molecule has 5 N–H and O–H groups in total. The fourth-order valence-electron chi connectivity index (χ4n) is 6.26. The highest BCUT2D eigenvalue weighted by Crippen LogP contribution is 2.16. The van der Waals surface area contributed by atoms with E-state index in [1.165, 1.54) is 0 Å². The molecule has 0 fully saturated rings. The zero-order valence-electron chi connectivity index (χ0n) is 43.7. The standard InChI is InChI=1S/C51H81N7O12/c1-48(2,3)67-44(62)54-26-13-15-30-57(46(64)69-50(7,8)9)32-19-28-52-41(59)39-23-18-24-40(36-39)56-42(60)38-22-17-21-37(35-38)25-34-66-43(61)53-29-20-33-58(47(65)70-51(10,11)12)31-16-14-27-55-45(63)68-49(4,5)6/h17-18,21-24,35-36H,13-16,19-20,25-34H2,1-12H3,(H,52,59)(H,53,61)(H,54,62)(H,55,63)(H,56,60). The summed E-state index contributed by atoms with van der Waals surface area (Å²) in [5.41, 5.74) is -0.656. The van der Waals surface area contributed by atoms with Crippen LogP contribution in [0.25, 0.3) is 0 Å². The lowest BCUT2D eigenvalue weighted by molar-refractivity contribution is 0.0234. The first-order chi connectivity index (χ1) is 32.6. The minimum Gasteiger partial charge on any atom is -0.449 e. The number of unbranched alkanes of at least 4 members (excludes halogenated alkanes) is 2. The summed E-state index contributed by atoms with van der Waals surface area (Å²) in [5.74, 6) is -0.737. The van der Waals surface area contributed by atoms with E-state index >= 15 is 0 Å². The molecule has 0 unspecified atom stereocenters. The molecule has 0 atom stereocenters. The number of carbonyl (C=O) groups is 7. The summed E-state index contributed by atoms with van der Waals surface area (Å²) in [7, 11) is 0. The highest BCUT2D eigenvalue weighted by molar-refractivity contribution is 6.05. The number of nitrogens with one attached hydrogen (secondary N) is 5. The Bertz CT molecular complexity index is 2000. The van der Waals surface area contributed by atoms with E-state index in [1.807, 2.05) is 6.07 Å². The number of anilines is 1. The van der Waals surface area contributed by atoms with Crippen LogP contribution in [0, 0.1) is 0 Å². The van der Waals surface area contributed by atoms with E-state index in [0.717, 1.165) is 5.56 Å². The van der Waals surface area contributed by atoms with Gasteiger partial charge in [-0.25, -0.2) is 24.0 Å². The maximum Gasteiger partial charge on any atom is 0.410 e. The first kappa shape index (κ1) is 59.9. The van der Waals surface area contributed by atoms with Crippen LogP contribution in [0.3, 0.4) is 0 Å². The van der Waals surface area contributed by atoms with Crippen LogP contribution < -0.4 is 26.6 Å². The molecule has 2 rings (SSSR count). The monoisotopic (exact) mass is 984 g/mol. The van der Waals surface area contributed by atoms with Gasteiger partial charge in [0.05, 0.1) is 6.61 Å². The first-order valence-corrected chi connectivity index (χ1v) is 24.2. The van der Waals surface area contributed by atoms with Gasteiger partial charge >= 0.3 is 30.5 Å². The highest BCUT2D eigenvalue weighted by Gasteiger charge is 2.24. The van der Waals surface area contributed by atoms with Crippen LogP contribution in [0.2, 0.25) is 0 Å². The zero-order chi connectivity index (χ0) is 52.5. The molecule has 2 aromatic carbocycles. The van der Waals surface area contributed by atoms with E-state index in [0.29, 0.717) is 101 Å². The average Bonchev–Trinajstić information content (AvgIpc) is 3.22. The molecule has 0 aliphatic carbocycles. The number of amides is 7. The van der Waals surface area contributed by atoms with Gasteiger partial charge in [-0.05, 0) is 158 Å². The lowest BCUT2D eigenvalue weighted by atomic mass is 10.1. The minimum atomic E-state index is -0.685. The normalized spacial score (nSPS) is 11.6. The van der Waals surface area contributed by atoms with Crippen molar-refractivity contribution in [3.05, 3.63) is 65.2 Å². The third kappa shape index (κ3) is 28.3. The Morgan fingerprint density at radius 2 is 0.871 bits per heavy atom. The largest absolute Gasteiger partial charge is 0.449 e. The van der Waals surface area contributed by atoms with Crippen molar-refractivity contribution in [3.8, 4) is 0 Å². The number of carbonyl (C=O) groups excluding carboxylic acids is 7. The third-order valence-electron chi connectivity index (χ3n) is 9.31. The number of benzene rings is 2. The molecule has 19 heteroatoms. The maximum atomic E-state index is 13.3. The Morgan fingerprint density at radius 1 is 0.457 bits per heavy atom. The minimum absolute atomic E-state index is 0.0591. The Morgan fingerprint density at radius 3 is 1.36 bits per heavy atom. The molecular weight excluding hydrogens is 903 g/mol. The Kier molecular flexibility index (Phi) is 24.8. The molecule has 0 saturated heterocycles. The SMILES string of the molecule is CC(C)(C)OC(=O)NCCCCN(CCCNC(=O)OCCc1cccc(C(=O)Nc2cccc(C(=O)NCCCN(CCCCNC(=O)OC(C)(C)C)C(=O)OC(C)(C)C)c2)c1)C(=O)OC(C)(C)C. The van der Waals surface area contributed by atoms with Crippen molar-refractivity contribution < 1.29 is 57.2 Å². The van der Waals surface area contributed by atoms with Gasteiger partial charge in [0, 0.05) is 75.6 Å². The number of hydrogen-bond donors (Lipinski definition) is 5. The molecule has 2 aromatic rings. The predicted octanol–water partition coefficient (Wildman–Crippen LogP) is 8.80. The summed E-state index contributed by atoms with van der Waals surface area (Å²) in [6.45, 7) is 24.4. The van der Waals surface area contributed by atoms with E-state index in [2.05, 4.69) is 26.6 Å². The second-order valence-corrected chi connectivity index (χ2v) is 20.7. The summed E-state index contributed by atoms with van der Waals surface area (Å²) in [6, 6.07) is 13.5. The van der Waals surface area contributed by atoms with Crippen LogP contribution in [0.4, 0.5) is 29.7 Å². The molecule has 0 saturated carbocycles. The van der Waals surface area contributed by atoms with Gasteiger partial charge in [-0.2, -0.15) is 0 Å². The molecule has 19 nitrogen and oxygen atoms in total. The van der Waals surface area contributed by atoms with Crippen molar-refractivity contribution in [1.82, 2.24) is 31.1 Å². The molecule has 0 heterocycles. The van der Waals surface area contributed by atoms with Crippen molar-refractivity contribution in [2.45, 2.75) is 150 Å². The highest BCUT2D eigenvalue weighted by atomic mass is 16.6. The molecule has 7 amide bonds. The molecule has 392 valence electrons. The second-order valence-electron chi connectivity index (χ2n) is 20.7. The smallest absolute Gasteiger partial charge is 0.410 e. The van der Waals surface area contributed by atoms with Crippen LogP contribution in [-0.2, 0) is 30.1 Å². The number of nitrogens with zero attached hydrogens (tertiary/aromatic N) is 2. The van der Waals surface area contributed by atoms with E-state index in [4.69, 9.17) is 23.7 Å². The van der Waals surface area contributed by atoms with E-state index in [1.54, 1.807) is 135 Å². The Balaban J connectivity index is 1.81. The predicted molar refractivity (Wildman–Crippen MR) is 268 cm³/mol. The van der Waals surface area contributed by atoms with Crippen LogP contribution in [0.15, 0.2) is 48.5 Å². The average molecular weight is 984 g/mol. The van der Waals surface area contributed by atoms with Gasteiger partial charge in [0.1, 0.15) is 22.4 Å². The number of hydrogen-bond acceptors (Lipinski definition) is 12. The Hall–Kier alpha value is -6.27. The van der Waals surface area contributed by atoms with Gasteiger partial charge < -0.3 is 60.1 Å². The summed E-state index contributed by atoms with van der Waals surface area (Å²) in [4.78, 5) is 91.8. The van der Waals surface area contributed by atoms with Gasteiger partial charge in [-0.1, -0.05) is 18.2 Å². The molecular formula is C51H81N7O12. The number of alkyl carbamates (subject to hydrolysis) is 3. The summed E-state index contributed by atoms with van der Waals surface area (Å²) in [6.07, 6.45) is 1.20. The van der Waals surface area contributed by atoms with Crippen LogP contribution in [0.1, 0.15) is 148 Å². The summed E-state index contributed by atoms with van der Waals surface area (Å²) < 4.78 is 27.1. The molecule has 0 aliphatic heterocycles. The van der Waals surface area contributed by atoms with Crippen molar-refractivity contribution in [3.63, 3.8) is 0 Å². The fourth-order valence-corrected chi connectivity index (χ4v) is 6.26. The van der Waals surface area contributed by atoms with Gasteiger partial charge in [-0.3, -0.25) is 9.59 Å². The van der Waals surface area contributed by atoms with Crippen LogP contribution in [0.5, 0.6) is 0 Å². The van der Waals surface area contributed by atoms with Gasteiger partial charge in [0.2, 0.25) is 0 Å². The van der Waals surface area contributed by atoms with E-state index < -0.39 is 52.9 Å². The second kappa shape index (κ2) is 29.0. The van der Waals surface area contributed by atoms with Crippen molar-refractivity contribution in [2.75, 3.05) is 64.3 Å². The number of rotatable bonds is 24. The summed E-state index contributed by atoms with van der Waals surface area (Å²) >= 11 is 0. The quantitative estimate of drug-likeness (QED) is 0.0491. The number of ether oxygens (including phenoxy) is 5. The maximum absolute atomic E-state index is 13.3. The van der Waals surface area contributed by atoms with E-state index in [9.17, 15) is 33.6 Å². The summed E-state index contributed by atoms with van der Waals surface area (Å²) in [5, 5.41) is 13.9. The third-order valence-corrected chi connectivity index (χ3v) is 9.31. The Labute approximate surface area is 415 Å². The fraction of sp³-hybridized carbons (Fsp3) is 0.627. The topological polar surface area (TPSA) is 232 Å². The van der Waals surface area contributed by atoms with Gasteiger partial charge in [-0.15, -0.1) is 0 Å². The van der Waals surface area contributed by atoms with Gasteiger partial charge in [0.25, 0.3) is 11.8 Å². The van der Waals surface area contributed by atoms with Crippen molar-refractivity contribution in [1.29, 1.82) is 0 Å². The lowest BCUT2D eigenvalue weighted by Gasteiger charge is -2.27. The van der Waals surface area contributed by atoms with E-state index in [-0.39, 0.29) is 31.5 Å². The molecule has 0 radical (unpaired) electrons. The van der Waals surface area contributed by atoms with Crippen LogP contribution >= 0.6 is 0 Å². The molecule has 0 aliphatic rings. The molecule has 0 bridgehead atoms. The molecule has 0 spiro atoms. The molecule has 70 heavy (non-hydrogen) atoms. The molecule has 0 aromatic heterocycles. The van der Waals surface area contributed by atoms with Gasteiger partial charge in [0.15, 0.2) is 0 Å². The van der Waals surface area contributed by atoms with Crippen molar-refractivity contribution in [2.24, 2.45) is 0 Å². The van der Waals surface area contributed by atoms with Crippen molar-refractivity contribution >= 4 is 48.0 Å². The zero-order valence-corrected chi connectivity index (χ0v) is 43.7.